The zero-order chi connectivity index (χ0) is 20.6. The summed E-state index contributed by atoms with van der Waals surface area (Å²) in [6, 6.07) is 8.93. The van der Waals surface area contributed by atoms with Gasteiger partial charge in [0.25, 0.3) is 0 Å². The normalized spacial score (nSPS) is 10.3. The third-order valence-corrected chi connectivity index (χ3v) is 4.93. The Hall–Kier alpha value is -2.44. The summed E-state index contributed by atoms with van der Waals surface area (Å²) in [4.78, 5) is 21.5. The van der Waals surface area contributed by atoms with Gasteiger partial charge >= 0.3 is 11.9 Å². The highest BCUT2D eigenvalue weighted by Crippen LogP contribution is 2.22. The molecule has 0 saturated heterocycles. The monoisotopic (exact) mass is 434 g/mol. The molecule has 0 aliphatic heterocycles. The highest BCUT2D eigenvalue weighted by Gasteiger charge is 2.09. The molecule has 27 heavy (non-hydrogen) atoms. The van der Waals surface area contributed by atoms with E-state index in [4.69, 9.17) is 10.2 Å². The molecule has 0 aliphatic rings. The van der Waals surface area contributed by atoms with Gasteiger partial charge in [-0.3, -0.25) is 0 Å². The number of rotatable bonds is 4. The van der Waals surface area contributed by atoms with Gasteiger partial charge in [-0.2, -0.15) is 0 Å². The van der Waals surface area contributed by atoms with E-state index in [0.29, 0.717) is 5.56 Å². The van der Waals surface area contributed by atoms with Crippen LogP contribution in [0.2, 0.25) is 0 Å². The van der Waals surface area contributed by atoms with Crippen LogP contribution in [0.15, 0.2) is 40.9 Å². The quantitative estimate of drug-likeness (QED) is 0.548. The lowest BCUT2D eigenvalue weighted by molar-refractivity contribution is -0.134. The first-order chi connectivity index (χ1) is 12.7. The number of aliphatic hydroxyl groups excluding tert-OH is 1. The number of carboxylic acid groups (broad SMARTS) is 1. The molecule has 0 saturated carbocycles. The lowest BCUT2D eigenvalue weighted by Crippen LogP contribution is -2.01. The van der Waals surface area contributed by atoms with E-state index in [1.807, 2.05) is 39.0 Å². The summed E-state index contributed by atoms with van der Waals surface area (Å²) in [7, 11) is 1.34. The molecule has 0 amide bonds. The molecule has 0 fully saturated rings. The molecule has 2 aromatic rings. The second-order valence-electron chi connectivity index (χ2n) is 5.86. The number of ether oxygens (including phenoxy) is 1. The molecule has 0 spiro atoms. The number of hydrogen-bond acceptors (Lipinski definition) is 4. The molecule has 0 aliphatic carbocycles. The summed E-state index contributed by atoms with van der Waals surface area (Å²) in [5.41, 5.74) is 4.99. The molecular weight excluding hydrogens is 412 g/mol. The van der Waals surface area contributed by atoms with Gasteiger partial charge < -0.3 is 14.9 Å². The van der Waals surface area contributed by atoms with Crippen molar-refractivity contribution < 1.29 is 24.5 Å². The Labute approximate surface area is 167 Å². The van der Waals surface area contributed by atoms with Crippen molar-refractivity contribution in [1.82, 2.24) is 0 Å². The maximum Gasteiger partial charge on any atom is 0.335 e. The van der Waals surface area contributed by atoms with Crippen molar-refractivity contribution in [2.75, 3.05) is 7.11 Å². The first kappa shape index (κ1) is 22.6. The number of aryl methyl sites for hydroxylation is 1. The molecule has 6 heteroatoms. The van der Waals surface area contributed by atoms with E-state index in [0.717, 1.165) is 32.3 Å². The molecule has 0 unspecified atom stereocenters. The average molecular weight is 435 g/mol. The molecule has 0 aromatic heterocycles. The van der Waals surface area contributed by atoms with Gasteiger partial charge in [0.2, 0.25) is 0 Å². The molecule has 2 N–H and O–H groups in total. The largest absolute Gasteiger partial charge is 0.478 e. The Balaban J connectivity index is 0.000000277. The van der Waals surface area contributed by atoms with Gasteiger partial charge in [-0.25, -0.2) is 9.59 Å². The third kappa shape index (κ3) is 6.66. The third-order valence-electron chi connectivity index (χ3n) is 4.07. The fraction of sp³-hybridized carbons (Fsp3) is 0.238. The predicted octanol–water partition coefficient (Wildman–Crippen LogP) is 4.44. The van der Waals surface area contributed by atoms with Crippen LogP contribution in [0, 0.1) is 20.8 Å². The van der Waals surface area contributed by atoms with Crippen molar-refractivity contribution in [2.24, 2.45) is 0 Å². The maximum atomic E-state index is 10.9. The highest BCUT2D eigenvalue weighted by molar-refractivity contribution is 9.10. The van der Waals surface area contributed by atoms with Crippen LogP contribution in [0.3, 0.4) is 0 Å². The van der Waals surface area contributed by atoms with Gasteiger partial charge in [-0.1, -0.05) is 34.1 Å². The van der Waals surface area contributed by atoms with Gasteiger partial charge in [-0.15, -0.1) is 0 Å². The Morgan fingerprint density at radius 1 is 1.11 bits per heavy atom. The minimum absolute atomic E-state index is 0.0296. The molecule has 5 nitrogen and oxygen atoms in total. The van der Waals surface area contributed by atoms with Crippen molar-refractivity contribution in [3.63, 3.8) is 0 Å². The summed E-state index contributed by atoms with van der Waals surface area (Å²) >= 11 is 3.34. The van der Waals surface area contributed by atoms with E-state index in [9.17, 15) is 9.59 Å². The van der Waals surface area contributed by atoms with Crippen LogP contribution in [-0.4, -0.2) is 29.3 Å². The first-order valence-corrected chi connectivity index (χ1v) is 8.96. The van der Waals surface area contributed by atoms with E-state index in [-0.39, 0.29) is 12.6 Å². The van der Waals surface area contributed by atoms with Crippen molar-refractivity contribution in [1.29, 1.82) is 0 Å². The number of halogens is 1. The standard InChI is InChI=1S/C12H14O3.C9H9BrO2/c1-9-7-10(8-13)3-4-11(9)5-6-12(14)15-2;1-5-6(2)8(10)4-3-7(5)9(11)12/h3-7,13H,8H2,1-2H3;3-4H,1-2H3,(H,11,12). The Kier molecular flexibility index (Phi) is 8.91. The lowest BCUT2D eigenvalue weighted by Gasteiger charge is -2.05. The van der Waals surface area contributed by atoms with Crippen molar-refractivity contribution >= 4 is 33.9 Å². The number of carboxylic acids is 1. The second-order valence-corrected chi connectivity index (χ2v) is 6.71. The van der Waals surface area contributed by atoms with Crippen LogP contribution in [0.5, 0.6) is 0 Å². The SMILES string of the molecule is COC(=O)C=Cc1ccc(CO)cc1C.Cc1c(Br)ccc(C(=O)O)c1C. The fourth-order valence-corrected chi connectivity index (χ4v) is 2.70. The molecule has 0 bridgehead atoms. The molecule has 144 valence electrons. The Morgan fingerprint density at radius 3 is 2.30 bits per heavy atom. The number of esters is 1. The minimum atomic E-state index is -0.872. The second kappa shape index (κ2) is 10.6. The van der Waals surface area contributed by atoms with Crippen LogP contribution in [0.25, 0.3) is 6.08 Å². The van der Waals surface area contributed by atoms with Crippen molar-refractivity contribution in [3.05, 3.63) is 74.3 Å². The predicted molar refractivity (Wildman–Crippen MR) is 109 cm³/mol. The van der Waals surface area contributed by atoms with Gasteiger partial charge in [0, 0.05) is 10.5 Å². The van der Waals surface area contributed by atoms with Crippen LogP contribution in [0.4, 0.5) is 0 Å². The van der Waals surface area contributed by atoms with E-state index in [1.54, 1.807) is 18.2 Å². The molecule has 2 aromatic carbocycles. The highest BCUT2D eigenvalue weighted by atomic mass is 79.9. The van der Waals surface area contributed by atoms with Crippen LogP contribution >= 0.6 is 15.9 Å². The van der Waals surface area contributed by atoms with Crippen molar-refractivity contribution in [2.45, 2.75) is 27.4 Å². The molecule has 0 atom stereocenters. The maximum absolute atomic E-state index is 10.9. The van der Waals surface area contributed by atoms with Gasteiger partial charge in [0.1, 0.15) is 0 Å². The number of aromatic carboxylic acids is 1. The number of carbonyl (C=O) groups is 2. The molecular formula is C21H23BrO5. The topological polar surface area (TPSA) is 83.8 Å². The van der Waals surface area contributed by atoms with Crippen LogP contribution < -0.4 is 0 Å². The zero-order valence-corrected chi connectivity index (χ0v) is 17.3. The summed E-state index contributed by atoms with van der Waals surface area (Å²) in [6.07, 6.45) is 3.07. The van der Waals surface area contributed by atoms with Gasteiger partial charge in [-0.05, 0) is 66.8 Å². The van der Waals surface area contributed by atoms with Crippen LogP contribution in [0.1, 0.15) is 38.2 Å². The lowest BCUT2D eigenvalue weighted by atomic mass is 10.0. The smallest absolute Gasteiger partial charge is 0.335 e. The number of aliphatic hydroxyl groups is 1. The molecule has 2 rings (SSSR count). The Bertz CT molecular complexity index is 856. The fourth-order valence-electron chi connectivity index (χ4n) is 2.27. The summed E-state index contributed by atoms with van der Waals surface area (Å²) in [5.74, 6) is -1.25. The average Bonchev–Trinajstić information content (AvgIpc) is 2.65. The summed E-state index contributed by atoms with van der Waals surface area (Å²) in [5, 5.41) is 17.7. The summed E-state index contributed by atoms with van der Waals surface area (Å²) in [6.45, 7) is 5.66. The Morgan fingerprint density at radius 2 is 1.78 bits per heavy atom. The van der Waals surface area contributed by atoms with Crippen LogP contribution in [-0.2, 0) is 16.1 Å². The number of methoxy groups -OCH3 is 1. The van der Waals surface area contributed by atoms with E-state index in [1.165, 1.54) is 13.2 Å². The number of hydrogen-bond donors (Lipinski definition) is 2. The van der Waals surface area contributed by atoms with E-state index >= 15 is 0 Å². The number of benzene rings is 2. The molecule has 0 radical (unpaired) electrons. The summed E-state index contributed by atoms with van der Waals surface area (Å²) < 4.78 is 5.44. The van der Waals surface area contributed by atoms with Gasteiger partial charge in [0.05, 0.1) is 19.3 Å². The minimum Gasteiger partial charge on any atom is -0.478 e. The van der Waals surface area contributed by atoms with Crippen molar-refractivity contribution in [3.8, 4) is 0 Å². The van der Waals surface area contributed by atoms with Gasteiger partial charge in [0.15, 0.2) is 0 Å². The van der Waals surface area contributed by atoms with E-state index in [2.05, 4.69) is 20.7 Å². The molecule has 0 heterocycles. The first-order valence-electron chi connectivity index (χ1n) is 8.16. The zero-order valence-electron chi connectivity index (χ0n) is 15.7. The van der Waals surface area contributed by atoms with E-state index < -0.39 is 5.97 Å². The number of carbonyl (C=O) groups excluding carboxylic acids is 1.